The first-order valence-corrected chi connectivity index (χ1v) is 7.05. The van der Waals surface area contributed by atoms with Gasteiger partial charge in [-0.3, -0.25) is 4.79 Å². The van der Waals surface area contributed by atoms with Gasteiger partial charge in [-0.25, -0.2) is 0 Å². The normalized spacial score (nSPS) is 10.8. The number of fused-ring (bicyclic) bond motifs is 1. The summed E-state index contributed by atoms with van der Waals surface area (Å²) >= 11 is 0. The van der Waals surface area contributed by atoms with Crippen LogP contribution in [0.15, 0.2) is 33.5 Å². The number of phenolic OH excluding ortho intramolecular Hbond substituents is 4. The average molecular weight is 346 g/mol. The molecule has 0 aliphatic heterocycles. The summed E-state index contributed by atoms with van der Waals surface area (Å²) in [6.45, 7) is 0. The van der Waals surface area contributed by atoms with Gasteiger partial charge in [0.25, 0.3) is 0 Å². The lowest BCUT2D eigenvalue weighted by Gasteiger charge is -2.13. The molecule has 8 nitrogen and oxygen atoms in total. The molecule has 0 saturated carbocycles. The van der Waals surface area contributed by atoms with Crippen LogP contribution in [0.3, 0.4) is 0 Å². The van der Waals surface area contributed by atoms with Crippen LogP contribution in [0.2, 0.25) is 0 Å². The quantitative estimate of drug-likeness (QED) is 0.420. The van der Waals surface area contributed by atoms with E-state index in [-0.39, 0.29) is 45.3 Å². The summed E-state index contributed by atoms with van der Waals surface area (Å²) in [5, 5.41) is 39.4. The smallest absolute Gasteiger partial charge is 0.197 e. The molecule has 25 heavy (non-hydrogen) atoms. The van der Waals surface area contributed by atoms with E-state index >= 15 is 0 Å². The zero-order valence-corrected chi connectivity index (χ0v) is 13.2. The molecule has 8 heteroatoms. The van der Waals surface area contributed by atoms with E-state index in [0.717, 1.165) is 12.1 Å². The van der Waals surface area contributed by atoms with Gasteiger partial charge in [0, 0.05) is 12.1 Å². The standard InChI is InChI=1S/C17H14O8/c1-23-12-6-10(21)15(22)14-9(20)5-11(25-17(12)14)13-7(18)3-4-8(19)16(13)24-2/h3-6,18-19,21-22H,1-2H3. The van der Waals surface area contributed by atoms with Crippen LogP contribution in [0.25, 0.3) is 22.3 Å². The second kappa shape index (κ2) is 5.82. The van der Waals surface area contributed by atoms with Crippen molar-refractivity contribution in [1.82, 2.24) is 0 Å². The Bertz CT molecular complexity index is 1040. The van der Waals surface area contributed by atoms with E-state index in [9.17, 15) is 25.2 Å². The van der Waals surface area contributed by atoms with Gasteiger partial charge in [0.1, 0.15) is 22.5 Å². The van der Waals surface area contributed by atoms with E-state index in [1.54, 1.807) is 0 Å². The van der Waals surface area contributed by atoms with Crippen molar-refractivity contribution in [2.75, 3.05) is 14.2 Å². The molecule has 0 saturated heterocycles. The second-order valence-corrected chi connectivity index (χ2v) is 5.14. The maximum absolute atomic E-state index is 12.4. The minimum absolute atomic E-state index is 0.00265. The minimum atomic E-state index is -0.687. The highest BCUT2D eigenvalue weighted by Gasteiger charge is 2.23. The first kappa shape index (κ1) is 16.3. The van der Waals surface area contributed by atoms with Crippen LogP contribution >= 0.6 is 0 Å². The zero-order chi connectivity index (χ0) is 18.3. The molecular formula is C17H14O8. The van der Waals surface area contributed by atoms with Gasteiger partial charge < -0.3 is 34.3 Å². The predicted octanol–water partition coefficient (Wildman–Crippen LogP) is 2.30. The summed E-state index contributed by atoms with van der Waals surface area (Å²) in [7, 11) is 2.58. The summed E-state index contributed by atoms with van der Waals surface area (Å²) in [5.74, 6) is -1.96. The fourth-order valence-electron chi connectivity index (χ4n) is 2.56. The van der Waals surface area contributed by atoms with Crippen LogP contribution < -0.4 is 14.9 Å². The third-order valence-electron chi connectivity index (χ3n) is 3.70. The van der Waals surface area contributed by atoms with E-state index in [4.69, 9.17) is 13.9 Å². The Hall–Kier alpha value is -3.55. The number of benzene rings is 2. The monoisotopic (exact) mass is 346 g/mol. The first-order chi connectivity index (χ1) is 11.9. The highest BCUT2D eigenvalue weighted by molar-refractivity contribution is 5.92. The van der Waals surface area contributed by atoms with E-state index < -0.39 is 16.9 Å². The molecule has 0 atom stereocenters. The summed E-state index contributed by atoms with van der Waals surface area (Å²) < 4.78 is 15.8. The predicted molar refractivity (Wildman–Crippen MR) is 87.7 cm³/mol. The zero-order valence-electron chi connectivity index (χ0n) is 13.2. The molecule has 0 amide bonds. The molecule has 0 unspecified atom stereocenters. The molecule has 1 aromatic heterocycles. The number of ether oxygens (including phenoxy) is 2. The SMILES string of the molecule is COc1c(O)ccc(O)c1-c1cc(=O)c2c(O)c(O)cc(OC)c2o1. The second-order valence-electron chi connectivity index (χ2n) is 5.14. The number of methoxy groups -OCH3 is 2. The Morgan fingerprint density at radius 2 is 1.60 bits per heavy atom. The van der Waals surface area contributed by atoms with Gasteiger partial charge in [0.05, 0.1) is 14.2 Å². The molecule has 0 fully saturated rings. The van der Waals surface area contributed by atoms with Crippen molar-refractivity contribution in [2.24, 2.45) is 0 Å². The lowest BCUT2D eigenvalue weighted by Crippen LogP contribution is -2.03. The summed E-state index contributed by atoms with van der Waals surface area (Å²) in [4.78, 5) is 12.4. The van der Waals surface area contributed by atoms with Crippen LogP contribution in [0.1, 0.15) is 0 Å². The molecule has 1 heterocycles. The van der Waals surface area contributed by atoms with Crippen LogP contribution in [0, 0.1) is 0 Å². The van der Waals surface area contributed by atoms with Crippen molar-refractivity contribution in [3.05, 3.63) is 34.5 Å². The lowest BCUT2D eigenvalue weighted by atomic mass is 10.1. The third-order valence-corrected chi connectivity index (χ3v) is 3.70. The third kappa shape index (κ3) is 2.44. The van der Waals surface area contributed by atoms with Crippen molar-refractivity contribution < 1.29 is 34.3 Å². The van der Waals surface area contributed by atoms with Crippen molar-refractivity contribution in [3.8, 4) is 45.8 Å². The molecule has 4 N–H and O–H groups in total. The highest BCUT2D eigenvalue weighted by Crippen LogP contribution is 2.45. The molecule has 130 valence electrons. The molecule has 2 aromatic carbocycles. The van der Waals surface area contributed by atoms with E-state index in [0.29, 0.717) is 0 Å². The Kier molecular flexibility index (Phi) is 3.80. The molecule has 0 bridgehead atoms. The van der Waals surface area contributed by atoms with Gasteiger partial charge in [0.2, 0.25) is 0 Å². The fraction of sp³-hybridized carbons (Fsp3) is 0.118. The molecule has 3 rings (SSSR count). The van der Waals surface area contributed by atoms with Crippen LogP contribution in [0.4, 0.5) is 0 Å². The van der Waals surface area contributed by atoms with E-state index in [1.807, 2.05) is 0 Å². The topological polar surface area (TPSA) is 130 Å². The minimum Gasteiger partial charge on any atom is -0.507 e. The maximum Gasteiger partial charge on any atom is 0.197 e. The number of rotatable bonds is 3. The number of hydrogen-bond acceptors (Lipinski definition) is 8. The Morgan fingerprint density at radius 1 is 0.920 bits per heavy atom. The molecular weight excluding hydrogens is 332 g/mol. The number of phenols is 4. The van der Waals surface area contributed by atoms with Gasteiger partial charge in [-0.1, -0.05) is 0 Å². The van der Waals surface area contributed by atoms with Gasteiger partial charge in [-0.05, 0) is 12.1 Å². The average Bonchev–Trinajstić information content (AvgIpc) is 2.59. The van der Waals surface area contributed by atoms with Crippen LogP contribution in [-0.4, -0.2) is 34.6 Å². The fourth-order valence-corrected chi connectivity index (χ4v) is 2.56. The molecule has 0 aliphatic rings. The van der Waals surface area contributed by atoms with Crippen molar-refractivity contribution in [3.63, 3.8) is 0 Å². The van der Waals surface area contributed by atoms with Crippen LogP contribution in [0.5, 0.6) is 34.5 Å². The van der Waals surface area contributed by atoms with Crippen LogP contribution in [-0.2, 0) is 0 Å². The number of hydrogen-bond donors (Lipinski definition) is 4. The molecule has 0 radical (unpaired) electrons. The number of aromatic hydroxyl groups is 4. The Balaban J connectivity index is 2.44. The van der Waals surface area contributed by atoms with Crippen molar-refractivity contribution in [1.29, 1.82) is 0 Å². The van der Waals surface area contributed by atoms with E-state index in [2.05, 4.69) is 0 Å². The van der Waals surface area contributed by atoms with Gasteiger partial charge in [-0.15, -0.1) is 0 Å². The van der Waals surface area contributed by atoms with Crippen molar-refractivity contribution >= 4 is 11.0 Å². The van der Waals surface area contributed by atoms with Gasteiger partial charge >= 0.3 is 0 Å². The summed E-state index contributed by atoms with van der Waals surface area (Å²) in [6, 6.07) is 4.52. The van der Waals surface area contributed by atoms with Gasteiger partial charge in [0.15, 0.2) is 39.8 Å². The molecule has 0 aliphatic carbocycles. The Labute approximate surface area is 140 Å². The maximum atomic E-state index is 12.4. The Morgan fingerprint density at radius 3 is 2.24 bits per heavy atom. The molecule has 0 spiro atoms. The summed E-state index contributed by atoms with van der Waals surface area (Å²) in [6.07, 6.45) is 0. The molecule has 3 aromatic rings. The lowest BCUT2D eigenvalue weighted by molar-refractivity contribution is 0.368. The van der Waals surface area contributed by atoms with E-state index in [1.165, 1.54) is 26.4 Å². The summed E-state index contributed by atoms with van der Waals surface area (Å²) in [5.41, 5.74) is -0.867. The van der Waals surface area contributed by atoms with Crippen molar-refractivity contribution in [2.45, 2.75) is 0 Å². The first-order valence-electron chi connectivity index (χ1n) is 7.05. The highest BCUT2D eigenvalue weighted by atomic mass is 16.5. The van der Waals surface area contributed by atoms with Gasteiger partial charge in [-0.2, -0.15) is 0 Å². The largest absolute Gasteiger partial charge is 0.507 e.